The number of hydrogen-bond acceptors (Lipinski definition) is 3. The summed E-state index contributed by atoms with van der Waals surface area (Å²) in [5, 5.41) is 12.6. The summed E-state index contributed by atoms with van der Waals surface area (Å²) in [7, 11) is 0. The molecule has 0 aliphatic heterocycles. The topological polar surface area (TPSA) is 48.7 Å². The Bertz CT molecular complexity index is 400. The van der Waals surface area contributed by atoms with Crippen molar-refractivity contribution in [1.29, 1.82) is 5.26 Å². The van der Waals surface area contributed by atoms with Crippen molar-refractivity contribution in [2.24, 2.45) is 0 Å². The van der Waals surface area contributed by atoms with E-state index >= 15 is 0 Å². The zero-order valence-electron chi connectivity index (χ0n) is 10.9. The molecule has 2 rings (SSSR count). The van der Waals surface area contributed by atoms with Crippen LogP contribution >= 0.6 is 0 Å². The Morgan fingerprint density at radius 2 is 1.94 bits per heavy atom. The standard InChI is InChI=1S/C15H21N3/c16-11-15-13(7-6-10-17-15)12-18-14-8-4-2-1-3-5-9-14/h6-7,10,14,18H,1-5,8-9,12H2. The molecule has 0 radical (unpaired) electrons. The van der Waals surface area contributed by atoms with Gasteiger partial charge in [0, 0.05) is 24.3 Å². The Hall–Kier alpha value is -1.40. The van der Waals surface area contributed by atoms with Crippen molar-refractivity contribution in [2.45, 2.75) is 57.5 Å². The second-order valence-corrected chi connectivity index (χ2v) is 5.05. The predicted octanol–water partition coefficient (Wildman–Crippen LogP) is 3.16. The SMILES string of the molecule is N#Cc1ncccc1CNC1CCCCCCC1. The molecule has 1 aromatic rings. The normalized spacial score (nSPS) is 17.7. The third-order valence-corrected chi connectivity index (χ3v) is 3.68. The fraction of sp³-hybridized carbons (Fsp3) is 0.600. The number of nitrogens with zero attached hydrogens (tertiary/aromatic N) is 2. The quantitative estimate of drug-likeness (QED) is 0.887. The highest BCUT2D eigenvalue weighted by Gasteiger charge is 2.11. The number of aromatic nitrogens is 1. The van der Waals surface area contributed by atoms with E-state index in [1.165, 1.54) is 44.9 Å². The second kappa shape index (κ2) is 7.13. The van der Waals surface area contributed by atoms with Gasteiger partial charge in [-0.25, -0.2) is 4.98 Å². The molecule has 1 aliphatic rings. The minimum atomic E-state index is 0.552. The van der Waals surface area contributed by atoms with E-state index < -0.39 is 0 Å². The molecule has 3 nitrogen and oxygen atoms in total. The molecular weight excluding hydrogens is 222 g/mol. The van der Waals surface area contributed by atoms with Gasteiger partial charge >= 0.3 is 0 Å². The summed E-state index contributed by atoms with van der Waals surface area (Å²) in [4.78, 5) is 4.09. The molecule has 0 amide bonds. The summed E-state index contributed by atoms with van der Waals surface area (Å²) in [6, 6.07) is 6.65. The van der Waals surface area contributed by atoms with E-state index in [1.54, 1.807) is 6.20 Å². The molecule has 0 atom stereocenters. The third-order valence-electron chi connectivity index (χ3n) is 3.68. The van der Waals surface area contributed by atoms with E-state index in [4.69, 9.17) is 5.26 Å². The molecule has 1 heterocycles. The molecule has 96 valence electrons. The molecule has 1 saturated carbocycles. The van der Waals surface area contributed by atoms with Crippen LogP contribution in [0.3, 0.4) is 0 Å². The fourth-order valence-corrected chi connectivity index (χ4v) is 2.60. The lowest BCUT2D eigenvalue weighted by molar-refractivity contribution is 0.388. The zero-order chi connectivity index (χ0) is 12.6. The summed E-state index contributed by atoms with van der Waals surface area (Å²) in [5.74, 6) is 0. The lowest BCUT2D eigenvalue weighted by atomic mass is 9.96. The van der Waals surface area contributed by atoms with Crippen LogP contribution in [0.5, 0.6) is 0 Å². The first-order valence-corrected chi connectivity index (χ1v) is 6.97. The highest BCUT2D eigenvalue weighted by atomic mass is 14.9. The lowest BCUT2D eigenvalue weighted by Crippen LogP contribution is -2.29. The van der Waals surface area contributed by atoms with E-state index in [1.807, 2.05) is 12.1 Å². The zero-order valence-corrected chi connectivity index (χ0v) is 10.9. The van der Waals surface area contributed by atoms with E-state index in [0.29, 0.717) is 11.7 Å². The van der Waals surface area contributed by atoms with Crippen LogP contribution in [0.15, 0.2) is 18.3 Å². The van der Waals surface area contributed by atoms with Crippen LogP contribution in [0.25, 0.3) is 0 Å². The average molecular weight is 243 g/mol. The molecule has 1 aliphatic carbocycles. The second-order valence-electron chi connectivity index (χ2n) is 5.05. The maximum absolute atomic E-state index is 9.00. The summed E-state index contributed by atoms with van der Waals surface area (Å²) in [6.45, 7) is 0.765. The van der Waals surface area contributed by atoms with Gasteiger partial charge in [-0.3, -0.25) is 0 Å². The lowest BCUT2D eigenvalue weighted by Gasteiger charge is -2.21. The minimum Gasteiger partial charge on any atom is -0.310 e. The predicted molar refractivity (Wildman–Crippen MR) is 71.9 cm³/mol. The first-order chi connectivity index (χ1) is 8.90. The van der Waals surface area contributed by atoms with Crippen molar-refractivity contribution < 1.29 is 0 Å². The summed E-state index contributed by atoms with van der Waals surface area (Å²) < 4.78 is 0. The summed E-state index contributed by atoms with van der Waals surface area (Å²) in [6.07, 6.45) is 11.0. The van der Waals surface area contributed by atoms with Crippen LogP contribution in [0.1, 0.15) is 56.2 Å². The Morgan fingerprint density at radius 3 is 2.67 bits per heavy atom. The van der Waals surface area contributed by atoms with Crippen LogP contribution in [-0.4, -0.2) is 11.0 Å². The van der Waals surface area contributed by atoms with Crippen LogP contribution in [0.4, 0.5) is 0 Å². The van der Waals surface area contributed by atoms with Gasteiger partial charge in [0.2, 0.25) is 0 Å². The summed E-state index contributed by atoms with van der Waals surface area (Å²) in [5.41, 5.74) is 1.57. The average Bonchev–Trinajstić information content (AvgIpc) is 2.38. The van der Waals surface area contributed by atoms with Crippen molar-refractivity contribution >= 4 is 0 Å². The Balaban J connectivity index is 1.88. The van der Waals surface area contributed by atoms with Crippen molar-refractivity contribution in [1.82, 2.24) is 10.3 Å². The Labute approximate surface area is 109 Å². The molecule has 1 fully saturated rings. The fourth-order valence-electron chi connectivity index (χ4n) is 2.60. The van der Waals surface area contributed by atoms with Gasteiger partial charge < -0.3 is 5.32 Å². The maximum atomic E-state index is 9.00. The van der Waals surface area contributed by atoms with E-state index in [9.17, 15) is 0 Å². The molecule has 0 unspecified atom stereocenters. The molecule has 1 N–H and O–H groups in total. The number of pyridine rings is 1. The van der Waals surface area contributed by atoms with Crippen molar-refractivity contribution in [2.75, 3.05) is 0 Å². The van der Waals surface area contributed by atoms with E-state index in [2.05, 4.69) is 16.4 Å². The van der Waals surface area contributed by atoms with E-state index in [-0.39, 0.29) is 0 Å². The molecule has 0 saturated heterocycles. The molecule has 0 spiro atoms. The number of nitrogens with one attached hydrogen (secondary N) is 1. The molecular formula is C15H21N3. The number of nitriles is 1. The third kappa shape index (κ3) is 3.82. The van der Waals surface area contributed by atoms with E-state index in [0.717, 1.165) is 12.1 Å². The largest absolute Gasteiger partial charge is 0.310 e. The van der Waals surface area contributed by atoms with Crippen LogP contribution in [0, 0.1) is 11.3 Å². The van der Waals surface area contributed by atoms with Gasteiger partial charge in [0.05, 0.1) is 0 Å². The van der Waals surface area contributed by atoms with Crippen LogP contribution in [0.2, 0.25) is 0 Å². The van der Waals surface area contributed by atoms with Gasteiger partial charge in [0.25, 0.3) is 0 Å². The Morgan fingerprint density at radius 1 is 1.22 bits per heavy atom. The molecule has 0 aromatic carbocycles. The number of hydrogen-bond donors (Lipinski definition) is 1. The van der Waals surface area contributed by atoms with Gasteiger partial charge in [0.15, 0.2) is 0 Å². The maximum Gasteiger partial charge on any atom is 0.144 e. The van der Waals surface area contributed by atoms with Crippen molar-refractivity contribution in [3.8, 4) is 6.07 Å². The molecule has 1 aromatic heterocycles. The monoisotopic (exact) mass is 243 g/mol. The molecule has 3 heteroatoms. The van der Waals surface area contributed by atoms with Gasteiger partial charge in [-0.2, -0.15) is 5.26 Å². The summed E-state index contributed by atoms with van der Waals surface area (Å²) >= 11 is 0. The van der Waals surface area contributed by atoms with Crippen LogP contribution < -0.4 is 5.32 Å². The Kier molecular flexibility index (Phi) is 5.16. The highest BCUT2D eigenvalue weighted by molar-refractivity contribution is 5.30. The van der Waals surface area contributed by atoms with Crippen molar-refractivity contribution in [3.63, 3.8) is 0 Å². The molecule has 0 bridgehead atoms. The van der Waals surface area contributed by atoms with Crippen LogP contribution in [-0.2, 0) is 6.54 Å². The minimum absolute atomic E-state index is 0.552. The van der Waals surface area contributed by atoms with Crippen molar-refractivity contribution in [3.05, 3.63) is 29.6 Å². The molecule has 18 heavy (non-hydrogen) atoms. The van der Waals surface area contributed by atoms with Gasteiger partial charge in [-0.05, 0) is 18.9 Å². The van der Waals surface area contributed by atoms with Gasteiger partial charge in [-0.15, -0.1) is 0 Å². The highest BCUT2D eigenvalue weighted by Crippen LogP contribution is 2.17. The first kappa shape index (κ1) is 13.0. The van der Waals surface area contributed by atoms with Gasteiger partial charge in [-0.1, -0.05) is 38.2 Å². The smallest absolute Gasteiger partial charge is 0.144 e. The number of rotatable bonds is 3. The van der Waals surface area contributed by atoms with Gasteiger partial charge in [0.1, 0.15) is 11.8 Å². The first-order valence-electron chi connectivity index (χ1n) is 6.97.